The summed E-state index contributed by atoms with van der Waals surface area (Å²) in [5.41, 5.74) is 1.17. The van der Waals surface area contributed by atoms with Crippen molar-refractivity contribution in [2.75, 3.05) is 0 Å². The molecule has 0 saturated carbocycles. The molecule has 0 N–H and O–H groups in total. The predicted molar refractivity (Wildman–Crippen MR) is 87.6 cm³/mol. The zero-order valence-electron chi connectivity index (χ0n) is 12.9. The second-order valence-electron chi connectivity index (χ2n) is 5.28. The van der Waals surface area contributed by atoms with Crippen molar-refractivity contribution in [1.29, 1.82) is 0 Å². The fourth-order valence-electron chi connectivity index (χ4n) is 2.06. The smallest absolute Gasteiger partial charge is 0.244 e. The van der Waals surface area contributed by atoms with Gasteiger partial charge in [0.1, 0.15) is 16.1 Å². The van der Waals surface area contributed by atoms with E-state index in [0.29, 0.717) is 16.5 Å². The average molecular weight is 367 g/mol. The molecular weight excluding hydrogens is 353 g/mol. The van der Waals surface area contributed by atoms with Crippen LogP contribution in [-0.4, -0.2) is 23.5 Å². The van der Waals surface area contributed by atoms with E-state index in [1.54, 1.807) is 24.4 Å². The summed E-state index contributed by atoms with van der Waals surface area (Å²) in [4.78, 5) is 8.30. The Morgan fingerprint density at radius 1 is 1.25 bits per heavy atom. The molecule has 1 unspecified atom stereocenters. The lowest BCUT2D eigenvalue weighted by Gasteiger charge is -2.07. The van der Waals surface area contributed by atoms with Crippen LogP contribution < -0.4 is 0 Å². The Bertz CT molecular complexity index is 949. The van der Waals surface area contributed by atoms with Crippen LogP contribution in [0.3, 0.4) is 0 Å². The van der Waals surface area contributed by atoms with Crippen molar-refractivity contribution in [2.45, 2.75) is 24.9 Å². The molecule has 0 aliphatic carbocycles. The zero-order chi connectivity index (χ0) is 17.3. The van der Waals surface area contributed by atoms with Gasteiger partial charge in [0.05, 0.1) is 11.4 Å². The largest absolute Gasteiger partial charge is 0.338 e. The SMILES string of the molecule is Cc1noc(C(C)S(=O)(=O)Cc2csc(-c3ccc(F)cc3)n2)n1. The van der Waals surface area contributed by atoms with Crippen LogP contribution in [0.25, 0.3) is 10.6 Å². The summed E-state index contributed by atoms with van der Waals surface area (Å²) in [5, 5.41) is 5.03. The Kier molecular flexibility index (Phi) is 4.46. The summed E-state index contributed by atoms with van der Waals surface area (Å²) in [6.45, 7) is 3.14. The van der Waals surface area contributed by atoms with Gasteiger partial charge in [-0.15, -0.1) is 11.3 Å². The lowest BCUT2D eigenvalue weighted by atomic mass is 10.2. The topological polar surface area (TPSA) is 86.0 Å². The van der Waals surface area contributed by atoms with Crippen molar-refractivity contribution in [1.82, 2.24) is 15.1 Å². The van der Waals surface area contributed by atoms with Crippen LogP contribution in [0, 0.1) is 12.7 Å². The molecule has 0 amide bonds. The van der Waals surface area contributed by atoms with Crippen molar-refractivity contribution in [3.63, 3.8) is 0 Å². The van der Waals surface area contributed by atoms with Crippen LogP contribution >= 0.6 is 11.3 Å². The molecule has 3 aromatic rings. The highest BCUT2D eigenvalue weighted by Gasteiger charge is 2.28. The molecule has 0 spiro atoms. The van der Waals surface area contributed by atoms with Gasteiger partial charge in [0.15, 0.2) is 15.7 Å². The molecule has 0 saturated heterocycles. The first-order valence-electron chi connectivity index (χ1n) is 7.07. The molecule has 0 bridgehead atoms. The monoisotopic (exact) mass is 367 g/mol. The van der Waals surface area contributed by atoms with Gasteiger partial charge in [0.2, 0.25) is 5.89 Å². The van der Waals surface area contributed by atoms with E-state index in [-0.39, 0.29) is 17.5 Å². The van der Waals surface area contributed by atoms with Gasteiger partial charge >= 0.3 is 0 Å². The van der Waals surface area contributed by atoms with Crippen LogP contribution in [0.4, 0.5) is 4.39 Å². The number of aryl methyl sites for hydroxylation is 1. The number of aromatic nitrogens is 3. The van der Waals surface area contributed by atoms with E-state index in [4.69, 9.17) is 4.52 Å². The molecule has 1 aromatic carbocycles. The van der Waals surface area contributed by atoms with Crippen LogP contribution in [0.2, 0.25) is 0 Å². The molecule has 0 fully saturated rings. The summed E-state index contributed by atoms with van der Waals surface area (Å²) in [6, 6.07) is 5.90. The summed E-state index contributed by atoms with van der Waals surface area (Å²) in [6.07, 6.45) is 0. The first kappa shape index (κ1) is 16.7. The normalized spacial score (nSPS) is 13.1. The van der Waals surface area contributed by atoms with E-state index in [9.17, 15) is 12.8 Å². The minimum absolute atomic E-state index is 0.0708. The second kappa shape index (κ2) is 6.40. The van der Waals surface area contributed by atoms with Crippen molar-refractivity contribution in [2.24, 2.45) is 0 Å². The molecule has 3 rings (SSSR count). The van der Waals surface area contributed by atoms with Gasteiger partial charge in [0.25, 0.3) is 0 Å². The van der Waals surface area contributed by atoms with Gasteiger partial charge in [-0.05, 0) is 38.1 Å². The molecule has 0 aliphatic rings. The van der Waals surface area contributed by atoms with E-state index in [1.165, 1.54) is 30.4 Å². The Morgan fingerprint density at radius 3 is 2.58 bits per heavy atom. The molecule has 24 heavy (non-hydrogen) atoms. The standard InChI is InChI=1S/C15H14FN3O3S2/c1-9(14-17-10(2)19-22-14)24(20,21)8-13-7-23-15(18-13)11-3-5-12(16)6-4-11/h3-7,9H,8H2,1-2H3. The maximum atomic E-state index is 13.0. The van der Waals surface area contributed by atoms with Gasteiger partial charge in [-0.2, -0.15) is 4.98 Å². The lowest BCUT2D eigenvalue weighted by Crippen LogP contribution is -2.13. The maximum absolute atomic E-state index is 13.0. The fourth-order valence-corrected chi connectivity index (χ4v) is 4.21. The highest BCUT2D eigenvalue weighted by molar-refractivity contribution is 7.90. The number of nitrogens with zero attached hydrogens (tertiary/aromatic N) is 3. The Hall–Kier alpha value is -2.13. The average Bonchev–Trinajstić information content (AvgIpc) is 3.16. The lowest BCUT2D eigenvalue weighted by molar-refractivity contribution is 0.373. The Labute approximate surface area is 142 Å². The minimum Gasteiger partial charge on any atom is -0.338 e. The van der Waals surface area contributed by atoms with Gasteiger partial charge in [-0.1, -0.05) is 5.16 Å². The number of benzene rings is 1. The number of thiazole rings is 1. The van der Waals surface area contributed by atoms with Crippen molar-refractivity contribution < 1.29 is 17.3 Å². The fraction of sp³-hybridized carbons (Fsp3) is 0.267. The Balaban J connectivity index is 1.79. The zero-order valence-corrected chi connectivity index (χ0v) is 14.6. The van der Waals surface area contributed by atoms with E-state index in [0.717, 1.165) is 5.56 Å². The summed E-state index contributed by atoms with van der Waals surface area (Å²) < 4.78 is 42.9. The van der Waals surface area contributed by atoms with Crippen LogP contribution in [-0.2, 0) is 15.6 Å². The summed E-state index contributed by atoms with van der Waals surface area (Å²) in [7, 11) is -3.54. The third-order valence-corrected chi connectivity index (χ3v) is 6.34. The summed E-state index contributed by atoms with van der Waals surface area (Å²) in [5.74, 6) is -0.101. The van der Waals surface area contributed by atoms with Crippen LogP contribution in [0.1, 0.15) is 29.6 Å². The van der Waals surface area contributed by atoms with E-state index < -0.39 is 15.1 Å². The molecule has 0 aliphatic heterocycles. The van der Waals surface area contributed by atoms with Crippen LogP contribution in [0.5, 0.6) is 0 Å². The molecule has 126 valence electrons. The van der Waals surface area contributed by atoms with Crippen molar-refractivity contribution >= 4 is 21.2 Å². The molecule has 1 atom stereocenters. The number of halogens is 1. The van der Waals surface area contributed by atoms with E-state index >= 15 is 0 Å². The first-order valence-corrected chi connectivity index (χ1v) is 9.67. The molecular formula is C15H14FN3O3S2. The van der Waals surface area contributed by atoms with Crippen molar-refractivity contribution in [3.05, 3.63) is 52.9 Å². The van der Waals surface area contributed by atoms with Gasteiger partial charge in [-0.3, -0.25) is 0 Å². The predicted octanol–water partition coefficient (Wildman–Crippen LogP) is 3.32. The third kappa shape index (κ3) is 3.51. The van der Waals surface area contributed by atoms with Gasteiger partial charge in [-0.25, -0.2) is 17.8 Å². The molecule has 2 heterocycles. The first-order chi connectivity index (χ1) is 11.3. The number of hydrogen-bond acceptors (Lipinski definition) is 7. The second-order valence-corrected chi connectivity index (χ2v) is 8.46. The number of sulfone groups is 1. The minimum atomic E-state index is -3.54. The van der Waals surface area contributed by atoms with E-state index in [1.807, 2.05) is 0 Å². The quantitative estimate of drug-likeness (QED) is 0.688. The molecule has 9 heteroatoms. The van der Waals surface area contributed by atoms with Gasteiger partial charge < -0.3 is 4.52 Å². The molecule has 0 radical (unpaired) electrons. The van der Waals surface area contributed by atoms with Crippen LogP contribution in [0.15, 0.2) is 34.2 Å². The van der Waals surface area contributed by atoms with Crippen molar-refractivity contribution in [3.8, 4) is 10.6 Å². The van der Waals surface area contributed by atoms with E-state index in [2.05, 4.69) is 15.1 Å². The number of hydrogen-bond donors (Lipinski definition) is 0. The highest BCUT2D eigenvalue weighted by Crippen LogP contribution is 2.28. The Morgan fingerprint density at radius 2 is 1.96 bits per heavy atom. The number of rotatable bonds is 5. The third-order valence-electron chi connectivity index (χ3n) is 3.42. The maximum Gasteiger partial charge on any atom is 0.244 e. The van der Waals surface area contributed by atoms with Gasteiger partial charge in [0, 0.05) is 10.9 Å². The highest BCUT2D eigenvalue weighted by atomic mass is 32.2. The molecule has 2 aromatic heterocycles. The molecule has 6 nitrogen and oxygen atoms in total. The summed E-state index contributed by atoms with van der Waals surface area (Å²) >= 11 is 1.31.